The minimum Gasteiger partial charge on any atom is -0.467 e. The maximum atomic E-state index is 12.4. The maximum absolute atomic E-state index is 12.4. The fraction of sp³-hybridized carbons (Fsp3) is 0.520. The van der Waals surface area contributed by atoms with E-state index < -0.39 is 7.37 Å². The molecule has 0 spiro atoms. The Morgan fingerprint density at radius 3 is 2.27 bits per heavy atom. The largest absolute Gasteiger partial charge is 0.467 e. The van der Waals surface area contributed by atoms with Crippen LogP contribution < -0.4 is 4.74 Å². The van der Waals surface area contributed by atoms with Crippen LogP contribution >= 0.6 is 7.37 Å². The van der Waals surface area contributed by atoms with Gasteiger partial charge in [0.15, 0.2) is 6.79 Å². The Balaban J connectivity index is 2.20. The molecule has 166 valence electrons. The van der Waals surface area contributed by atoms with E-state index in [9.17, 15) is 4.57 Å². The number of aryl methyl sites for hydroxylation is 3. The SMILES string of the molecule is CCOP(C)(=O)CCc1cc(C)c(Cc2ccc(OCOC)c(C(C)C)c2)c(C)c1. The van der Waals surface area contributed by atoms with Gasteiger partial charge in [-0.2, -0.15) is 0 Å². The van der Waals surface area contributed by atoms with Crippen molar-refractivity contribution in [2.24, 2.45) is 0 Å². The van der Waals surface area contributed by atoms with E-state index in [-0.39, 0.29) is 6.79 Å². The summed E-state index contributed by atoms with van der Waals surface area (Å²) in [5.74, 6) is 1.26. The molecule has 1 unspecified atom stereocenters. The van der Waals surface area contributed by atoms with Crippen LogP contribution in [0.2, 0.25) is 0 Å². The fourth-order valence-corrected chi connectivity index (χ4v) is 5.13. The van der Waals surface area contributed by atoms with Crippen molar-refractivity contribution in [2.45, 2.75) is 53.4 Å². The van der Waals surface area contributed by atoms with Gasteiger partial charge in [-0.05, 0) is 79.0 Å². The van der Waals surface area contributed by atoms with Crippen molar-refractivity contribution in [3.63, 3.8) is 0 Å². The second kappa shape index (κ2) is 11.1. The van der Waals surface area contributed by atoms with Crippen LogP contribution in [-0.4, -0.2) is 33.3 Å². The van der Waals surface area contributed by atoms with Gasteiger partial charge in [-0.3, -0.25) is 4.57 Å². The maximum Gasteiger partial charge on any atom is 0.200 e. The van der Waals surface area contributed by atoms with Gasteiger partial charge in [0, 0.05) is 19.9 Å². The molecule has 0 saturated carbocycles. The number of methoxy groups -OCH3 is 1. The first-order valence-electron chi connectivity index (χ1n) is 10.7. The molecule has 2 aromatic carbocycles. The lowest BCUT2D eigenvalue weighted by atomic mass is 9.91. The third-order valence-corrected chi connectivity index (χ3v) is 7.21. The van der Waals surface area contributed by atoms with E-state index in [0.29, 0.717) is 18.7 Å². The molecule has 0 aromatic heterocycles. The van der Waals surface area contributed by atoms with Crippen LogP contribution in [0.5, 0.6) is 5.75 Å². The standard InChI is InChI=1S/C25H37O4P/c1-8-29-30(7,26)12-11-22-13-19(4)24(20(5)14-22)16-21-9-10-25(28-17-27-6)23(15-21)18(2)3/h9-10,13-15,18H,8,11-12,16-17H2,1-7H3. The minimum atomic E-state index is -2.50. The number of benzene rings is 2. The highest BCUT2D eigenvalue weighted by atomic mass is 31.2. The molecule has 1 atom stereocenters. The Bertz CT molecular complexity index is 866. The molecule has 0 fully saturated rings. The van der Waals surface area contributed by atoms with Gasteiger partial charge in [0.2, 0.25) is 7.37 Å². The van der Waals surface area contributed by atoms with Crippen molar-refractivity contribution in [3.8, 4) is 5.75 Å². The van der Waals surface area contributed by atoms with Crippen molar-refractivity contribution < 1.29 is 18.6 Å². The molecule has 0 amide bonds. The second-order valence-electron chi connectivity index (χ2n) is 8.37. The van der Waals surface area contributed by atoms with Crippen LogP contribution in [0.25, 0.3) is 0 Å². The van der Waals surface area contributed by atoms with Crippen molar-refractivity contribution >= 4 is 7.37 Å². The Hall–Kier alpha value is -1.61. The zero-order chi connectivity index (χ0) is 22.3. The van der Waals surface area contributed by atoms with Crippen molar-refractivity contribution in [1.82, 2.24) is 0 Å². The normalized spacial score (nSPS) is 13.5. The van der Waals surface area contributed by atoms with Crippen molar-refractivity contribution in [2.75, 3.05) is 33.3 Å². The van der Waals surface area contributed by atoms with Crippen LogP contribution in [0.1, 0.15) is 60.1 Å². The number of ether oxygens (including phenoxy) is 2. The summed E-state index contributed by atoms with van der Waals surface area (Å²) in [6, 6.07) is 10.9. The highest BCUT2D eigenvalue weighted by Crippen LogP contribution is 2.42. The number of hydrogen-bond acceptors (Lipinski definition) is 4. The zero-order valence-corrected chi connectivity index (χ0v) is 20.5. The number of rotatable bonds is 11. The third-order valence-electron chi connectivity index (χ3n) is 5.37. The molecule has 0 radical (unpaired) electrons. The molecule has 0 bridgehead atoms. The van der Waals surface area contributed by atoms with E-state index in [1.165, 1.54) is 33.4 Å². The lowest BCUT2D eigenvalue weighted by Crippen LogP contribution is -2.04. The van der Waals surface area contributed by atoms with Crippen LogP contribution in [0.3, 0.4) is 0 Å². The Labute approximate surface area is 182 Å². The first-order chi connectivity index (χ1) is 14.2. The molecule has 0 aliphatic carbocycles. The van der Waals surface area contributed by atoms with Gasteiger partial charge in [-0.15, -0.1) is 0 Å². The minimum absolute atomic E-state index is 0.257. The summed E-state index contributed by atoms with van der Waals surface area (Å²) < 4.78 is 28.6. The topological polar surface area (TPSA) is 44.8 Å². The molecule has 4 nitrogen and oxygen atoms in total. The molecule has 5 heteroatoms. The van der Waals surface area contributed by atoms with Gasteiger partial charge < -0.3 is 14.0 Å². The van der Waals surface area contributed by atoms with Crippen LogP contribution in [0.15, 0.2) is 30.3 Å². The molecular formula is C25H37O4P. The summed E-state index contributed by atoms with van der Waals surface area (Å²) in [6.07, 6.45) is 2.24. The highest BCUT2D eigenvalue weighted by molar-refractivity contribution is 7.58. The first kappa shape index (κ1) is 24.7. The molecule has 2 aromatic rings. The average Bonchev–Trinajstić information content (AvgIpc) is 2.68. The molecule has 0 aliphatic rings. The monoisotopic (exact) mass is 432 g/mol. The summed E-state index contributed by atoms with van der Waals surface area (Å²) in [5.41, 5.74) is 7.60. The molecule has 0 saturated heterocycles. The molecular weight excluding hydrogens is 395 g/mol. The zero-order valence-electron chi connectivity index (χ0n) is 19.6. The van der Waals surface area contributed by atoms with Crippen molar-refractivity contribution in [3.05, 3.63) is 63.7 Å². The van der Waals surface area contributed by atoms with Crippen molar-refractivity contribution in [1.29, 1.82) is 0 Å². The van der Waals surface area contributed by atoms with E-state index in [2.05, 4.69) is 58.0 Å². The van der Waals surface area contributed by atoms with Gasteiger partial charge in [0.05, 0.1) is 6.61 Å². The predicted molar refractivity (Wildman–Crippen MR) is 125 cm³/mol. The fourth-order valence-electron chi connectivity index (χ4n) is 3.79. The third kappa shape index (κ3) is 6.97. The smallest absolute Gasteiger partial charge is 0.200 e. The van der Waals surface area contributed by atoms with E-state index in [1.54, 1.807) is 13.8 Å². The quantitative estimate of drug-likeness (QED) is 0.301. The molecule has 30 heavy (non-hydrogen) atoms. The Morgan fingerprint density at radius 1 is 1.03 bits per heavy atom. The predicted octanol–water partition coefficient (Wildman–Crippen LogP) is 6.49. The lowest BCUT2D eigenvalue weighted by molar-refractivity contribution is 0.0502. The summed E-state index contributed by atoms with van der Waals surface area (Å²) >= 11 is 0. The summed E-state index contributed by atoms with van der Waals surface area (Å²) in [7, 11) is -0.870. The van der Waals surface area contributed by atoms with Crippen LogP contribution in [0, 0.1) is 13.8 Å². The summed E-state index contributed by atoms with van der Waals surface area (Å²) in [5, 5.41) is 0. The van der Waals surface area contributed by atoms with Gasteiger partial charge in [0.25, 0.3) is 0 Å². The van der Waals surface area contributed by atoms with Crippen LogP contribution in [-0.2, 0) is 26.7 Å². The first-order valence-corrected chi connectivity index (χ1v) is 13.0. The van der Waals surface area contributed by atoms with E-state index in [1.807, 2.05) is 6.92 Å². The van der Waals surface area contributed by atoms with Gasteiger partial charge >= 0.3 is 0 Å². The molecule has 0 N–H and O–H groups in total. The summed E-state index contributed by atoms with van der Waals surface area (Å²) in [4.78, 5) is 0. The lowest BCUT2D eigenvalue weighted by Gasteiger charge is -2.18. The molecule has 0 heterocycles. The average molecular weight is 433 g/mol. The van der Waals surface area contributed by atoms with Gasteiger partial charge in [0.1, 0.15) is 5.75 Å². The molecule has 2 rings (SSSR count). The Morgan fingerprint density at radius 2 is 1.70 bits per heavy atom. The molecule has 0 aliphatic heterocycles. The van der Waals surface area contributed by atoms with Gasteiger partial charge in [-0.1, -0.05) is 38.1 Å². The van der Waals surface area contributed by atoms with Crippen LogP contribution in [0.4, 0.5) is 0 Å². The highest BCUT2D eigenvalue weighted by Gasteiger charge is 2.16. The number of hydrogen-bond donors (Lipinski definition) is 0. The van der Waals surface area contributed by atoms with E-state index in [0.717, 1.165) is 18.6 Å². The second-order valence-corrected chi connectivity index (χ2v) is 11.1. The van der Waals surface area contributed by atoms with E-state index in [4.69, 9.17) is 14.0 Å². The van der Waals surface area contributed by atoms with E-state index >= 15 is 0 Å². The van der Waals surface area contributed by atoms with Gasteiger partial charge in [-0.25, -0.2) is 0 Å². The summed E-state index contributed by atoms with van der Waals surface area (Å²) in [6.45, 7) is 13.1. The Kier molecular flexibility index (Phi) is 9.15.